The average Bonchev–Trinajstić information content (AvgIpc) is 3.00. The van der Waals surface area contributed by atoms with Gasteiger partial charge in [0.15, 0.2) is 0 Å². The Kier molecular flexibility index (Phi) is 4.87. The van der Waals surface area contributed by atoms with Gasteiger partial charge in [0.1, 0.15) is 0 Å². The Balaban J connectivity index is 1.88. The van der Waals surface area contributed by atoms with Crippen LogP contribution in [-0.2, 0) is 0 Å². The fourth-order valence-electron chi connectivity index (χ4n) is 3.76. The molecule has 2 aliphatic rings. The number of allylic oxidation sites excluding steroid dienone is 3. The molecule has 0 amide bonds. The molecule has 122 valence electrons. The van der Waals surface area contributed by atoms with E-state index in [-0.39, 0.29) is 0 Å². The standard InChI is InChI=1S/C22H28S/c1-6-7-10-18-13-21(20-12-9-8-11-19(18)20)23-22-16(4)14(2)15(3)17(22)5/h8-9,11-13,21-22H,6-7,10H2,1-5H3. The van der Waals surface area contributed by atoms with Gasteiger partial charge in [0.05, 0.1) is 0 Å². The van der Waals surface area contributed by atoms with Gasteiger partial charge >= 0.3 is 0 Å². The van der Waals surface area contributed by atoms with E-state index >= 15 is 0 Å². The minimum atomic E-state index is 0.506. The van der Waals surface area contributed by atoms with Gasteiger partial charge in [0.2, 0.25) is 0 Å². The second-order valence-electron chi connectivity index (χ2n) is 6.94. The maximum Gasteiger partial charge on any atom is 0.0498 e. The molecule has 0 aromatic heterocycles. The first kappa shape index (κ1) is 16.6. The molecule has 0 saturated carbocycles. The third-order valence-corrected chi connectivity index (χ3v) is 7.24. The molecule has 3 rings (SSSR count). The third kappa shape index (κ3) is 2.96. The Morgan fingerprint density at radius 1 is 0.957 bits per heavy atom. The zero-order chi connectivity index (χ0) is 16.6. The Hall–Kier alpha value is -1.21. The zero-order valence-electron chi connectivity index (χ0n) is 15.1. The van der Waals surface area contributed by atoms with E-state index in [4.69, 9.17) is 0 Å². The maximum atomic E-state index is 2.54. The lowest BCUT2D eigenvalue weighted by atomic mass is 10.0. The topological polar surface area (TPSA) is 0 Å². The normalized spacial score (nSPS) is 21.3. The molecule has 0 N–H and O–H groups in total. The molecule has 0 saturated heterocycles. The van der Waals surface area contributed by atoms with Crippen molar-refractivity contribution in [1.82, 2.24) is 0 Å². The molecule has 0 fully saturated rings. The van der Waals surface area contributed by atoms with E-state index in [1.165, 1.54) is 41.5 Å². The van der Waals surface area contributed by atoms with Crippen LogP contribution in [0.3, 0.4) is 0 Å². The summed E-state index contributed by atoms with van der Waals surface area (Å²) < 4.78 is 0. The molecular weight excluding hydrogens is 296 g/mol. The minimum absolute atomic E-state index is 0.506. The molecular formula is C22H28S. The highest BCUT2D eigenvalue weighted by Gasteiger charge is 2.30. The van der Waals surface area contributed by atoms with Crippen LogP contribution in [0.25, 0.3) is 5.57 Å². The molecule has 1 aromatic carbocycles. The van der Waals surface area contributed by atoms with Gasteiger partial charge in [-0.15, -0.1) is 11.8 Å². The van der Waals surface area contributed by atoms with Crippen molar-refractivity contribution in [3.05, 3.63) is 63.8 Å². The average molecular weight is 325 g/mol. The molecule has 0 spiro atoms. The number of unbranched alkanes of at least 4 members (excludes halogenated alkanes) is 1. The first-order valence-corrected chi connectivity index (χ1v) is 9.79. The van der Waals surface area contributed by atoms with Crippen LogP contribution >= 0.6 is 11.8 Å². The van der Waals surface area contributed by atoms with E-state index < -0.39 is 0 Å². The zero-order valence-corrected chi connectivity index (χ0v) is 15.9. The molecule has 0 nitrogen and oxygen atoms in total. The largest absolute Gasteiger partial charge is 0.137 e. The summed E-state index contributed by atoms with van der Waals surface area (Å²) >= 11 is 2.13. The molecule has 0 radical (unpaired) electrons. The predicted octanol–water partition coefficient (Wildman–Crippen LogP) is 7.10. The van der Waals surface area contributed by atoms with E-state index in [1.54, 1.807) is 16.7 Å². The quantitative estimate of drug-likeness (QED) is 0.556. The van der Waals surface area contributed by atoms with Crippen molar-refractivity contribution in [1.29, 1.82) is 0 Å². The lowest BCUT2D eigenvalue weighted by Gasteiger charge is -2.19. The van der Waals surface area contributed by atoms with Crippen molar-refractivity contribution in [3.63, 3.8) is 0 Å². The van der Waals surface area contributed by atoms with Crippen LogP contribution in [-0.4, -0.2) is 5.25 Å². The molecule has 0 heterocycles. The molecule has 1 aromatic rings. The monoisotopic (exact) mass is 324 g/mol. The summed E-state index contributed by atoms with van der Waals surface area (Å²) in [5, 5.41) is 1.06. The van der Waals surface area contributed by atoms with E-state index in [9.17, 15) is 0 Å². The molecule has 1 heteroatoms. The second-order valence-corrected chi connectivity index (χ2v) is 8.19. The summed E-state index contributed by atoms with van der Waals surface area (Å²) in [4.78, 5) is 0. The molecule has 0 aliphatic heterocycles. The van der Waals surface area contributed by atoms with Crippen LogP contribution in [0, 0.1) is 0 Å². The molecule has 1 unspecified atom stereocenters. The Labute approximate surface area is 145 Å². The molecule has 0 bridgehead atoms. The highest BCUT2D eigenvalue weighted by atomic mass is 32.2. The third-order valence-electron chi connectivity index (χ3n) is 5.58. The Morgan fingerprint density at radius 3 is 2.26 bits per heavy atom. The summed E-state index contributed by atoms with van der Waals surface area (Å²) in [5.74, 6) is 0. The number of rotatable bonds is 5. The minimum Gasteiger partial charge on any atom is -0.137 e. The second kappa shape index (κ2) is 6.73. The first-order chi connectivity index (χ1) is 11.0. The lowest BCUT2D eigenvalue weighted by molar-refractivity contribution is 0.825. The van der Waals surface area contributed by atoms with Crippen molar-refractivity contribution in [2.24, 2.45) is 0 Å². The van der Waals surface area contributed by atoms with Gasteiger partial charge < -0.3 is 0 Å². The van der Waals surface area contributed by atoms with Crippen molar-refractivity contribution in [2.75, 3.05) is 0 Å². The van der Waals surface area contributed by atoms with Gasteiger partial charge in [-0.05, 0) is 68.4 Å². The van der Waals surface area contributed by atoms with Crippen molar-refractivity contribution < 1.29 is 0 Å². The Morgan fingerprint density at radius 2 is 1.61 bits per heavy atom. The summed E-state index contributed by atoms with van der Waals surface area (Å²) in [7, 11) is 0. The van der Waals surface area contributed by atoms with Crippen LogP contribution in [0.1, 0.15) is 70.3 Å². The van der Waals surface area contributed by atoms with Crippen molar-refractivity contribution >= 4 is 17.3 Å². The lowest BCUT2D eigenvalue weighted by Crippen LogP contribution is -2.05. The van der Waals surface area contributed by atoms with Crippen LogP contribution < -0.4 is 0 Å². The number of thioether (sulfide) groups is 1. The van der Waals surface area contributed by atoms with Gasteiger partial charge in [-0.25, -0.2) is 0 Å². The first-order valence-electron chi connectivity index (χ1n) is 8.85. The predicted molar refractivity (Wildman–Crippen MR) is 105 cm³/mol. The van der Waals surface area contributed by atoms with E-state index in [2.05, 4.69) is 76.7 Å². The smallest absolute Gasteiger partial charge is 0.0498 e. The highest BCUT2D eigenvalue weighted by molar-refractivity contribution is 8.00. The van der Waals surface area contributed by atoms with Crippen molar-refractivity contribution in [2.45, 2.75) is 64.4 Å². The summed E-state index contributed by atoms with van der Waals surface area (Å²) in [6.45, 7) is 11.5. The van der Waals surface area contributed by atoms with E-state index in [1.807, 2.05) is 0 Å². The molecule has 1 atom stereocenters. The van der Waals surface area contributed by atoms with Gasteiger partial charge in [-0.3, -0.25) is 0 Å². The number of benzene rings is 1. The van der Waals surface area contributed by atoms with Gasteiger partial charge in [0.25, 0.3) is 0 Å². The van der Waals surface area contributed by atoms with Crippen LogP contribution in [0.15, 0.2) is 52.6 Å². The Bertz CT molecular complexity index is 678. The number of hydrogen-bond acceptors (Lipinski definition) is 1. The fourth-order valence-corrected chi connectivity index (χ4v) is 5.41. The molecule has 2 aliphatic carbocycles. The highest BCUT2D eigenvalue weighted by Crippen LogP contribution is 2.50. The van der Waals surface area contributed by atoms with E-state index in [0.29, 0.717) is 10.5 Å². The SMILES string of the molecule is CCCCC1=CC(SC2C(C)=C(C)C(C)=C2C)c2ccccc21. The fraction of sp³-hybridized carbons (Fsp3) is 0.455. The summed E-state index contributed by atoms with van der Waals surface area (Å²) in [6, 6.07) is 9.02. The van der Waals surface area contributed by atoms with Gasteiger partial charge in [0, 0.05) is 10.5 Å². The maximum absolute atomic E-state index is 2.54. The van der Waals surface area contributed by atoms with Crippen LogP contribution in [0.2, 0.25) is 0 Å². The summed E-state index contributed by atoms with van der Waals surface area (Å²) in [6.07, 6.45) is 6.31. The van der Waals surface area contributed by atoms with Crippen LogP contribution in [0.4, 0.5) is 0 Å². The summed E-state index contributed by atoms with van der Waals surface area (Å²) in [5.41, 5.74) is 10.7. The number of fused-ring (bicyclic) bond motifs is 1. The van der Waals surface area contributed by atoms with Gasteiger partial charge in [-0.2, -0.15) is 0 Å². The van der Waals surface area contributed by atoms with Crippen molar-refractivity contribution in [3.8, 4) is 0 Å². The van der Waals surface area contributed by atoms with Gasteiger partial charge in [-0.1, -0.05) is 54.8 Å². The number of hydrogen-bond donors (Lipinski definition) is 0. The van der Waals surface area contributed by atoms with E-state index in [0.717, 1.165) is 0 Å². The molecule has 23 heavy (non-hydrogen) atoms. The van der Waals surface area contributed by atoms with Crippen LogP contribution in [0.5, 0.6) is 0 Å².